The molecule has 1 aromatic heterocycles. The van der Waals surface area contributed by atoms with Crippen LogP contribution in [-0.2, 0) is 13.1 Å². The molecule has 1 aliphatic rings. The first kappa shape index (κ1) is 15.9. The van der Waals surface area contributed by atoms with Crippen molar-refractivity contribution in [3.63, 3.8) is 0 Å². The molecule has 3 rings (SSSR count). The van der Waals surface area contributed by atoms with Crippen LogP contribution in [0.15, 0.2) is 36.7 Å². The van der Waals surface area contributed by atoms with Crippen LogP contribution in [0.25, 0.3) is 0 Å². The van der Waals surface area contributed by atoms with Crippen molar-refractivity contribution in [2.24, 2.45) is 0 Å². The maximum atomic E-state index is 4.23. The molecule has 1 N–H and O–H groups in total. The molecule has 0 aliphatic carbocycles. The highest BCUT2D eigenvalue weighted by Gasteiger charge is 2.09. The summed E-state index contributed by atoms with van der Waals surface area (Å²) in [4.78, 5) is 10.9. The number of nitrogens with one attached hydrogen (secondary N) is 1. The van der Waals surface area contributed by atoms with E-state index in [1.54, 1.807) is 6.33 Å². The van der Waals surface area contributed by atoms with E-state index in [2.05, 4.69) is 44.5 Å². The Morgan fingerprint density at radius 3 is 2.35 bits per heavy atom. The largest absolute Gasteiger partial charge is 0.366 e. The summed E-state index contributed by atoms with van der Waals surface area (Å²) in [5.41, 5.74) is 3.67. The van der Waals surface area contributed by atoms with E-state index in [-0.39, 0.29) is 0 Å². The van der Waals surface area contributed by atoms with Gasteiger partial charge >= 0.3 is 0 Å². The molecule has 0 saturated carbocycles. The molecule has 1 aromatic carbocycles. The third-order valence-electron chi connectivity index (χ3n) is 4.41. The third kappa shape index (κ3) is 5.03. The molecule has 2 heterocycles. The van der Waals surface area contributed by atoms with Crippen molar-refractivity contribution in [3.05, 3.63) is 53.5 Å². The predicted molar refractivity (Wildman–Crippen MR) is 94.3 cm³/mol. The molecule has 0 unspecified atom stereocenters. The van der Waals surface area contributed by atoms with Gasteiger partial charge in [0.2, 0.25) is 0 Å². The Hall–Kier alpha value is -1.94. The van der Waals surface area contributed by atoms with Crippen LogP contribution in [0.2, 0.25) is 0 Å². The zero-order valence-corrected chi connectivity index (χ0v) is 14.0. The number of likely N-dealkylation sites (tertiary alicyclic amines) is 1. The van der Waals surface area contributed by atoms with E-state index in [1.807, 2.05) is 13.0 Å². The van der Waals surface area contributed by atoms with Gasteiger partial charge in [0.15, 0.2) is 0 Å². The van der Waals surface area contributed by atoms with E-state index in [0.29, 0.717) is 0 Å². The lowest BCUT2D eigenvalue weighted by Crippen LogP contribution is -2.23. The number of anilines is 1. The second kappa shape index (κ2) is 8.06. The first-order chi connectivity index (χ1) is 11.3. The molecule has 0 bridgehead atoms. The van der Waals surface area contributed by atoms with Crippen LogP contribution < -0.4 is 5.32 Å². The Balaban J connectivity index is 1.52. The Bertz CT molecular complexity index is 601. The normalized spacial score (nSPS) is 16.0. The van der Waals surface area contributed by atoms with Crippen molar-refractivity contribution in [1.82, 2.24) is 14.9 Å². The van der Waals surface area contributed by atoms with E-state index in [0.717, 1.165) is 24.6 Å². The second-order valence-corrected chi connectivity index (χ2v) is 6.41. The van der Waals surface area contributed by atoms with Gasteiger partial charge in [0.25, 0.3) is 0 Å². The number of benzene rings is 1. The molecule has 2 aromatic rings. The number of rotatable bonds is 5. The van der Waals surface area contributed by atoms with Crippen LogP contribution in [0.4, 0.5) is 5.82 Å². The van der Waals surface area contributed by atoms with E-state index >= 15 is 0 Å². The van der Waals surface area contributed by atoms with Gasteiger partial charge in [0, 0.05) is 24.8 Å². The fourth-order valence-electron chi connectivity index (χ4n) is 3.06. The average molecular weight is 310 g/mol. The third-order valence-corrected chi connectivity index (χ3v) is 4.41. The van der Waals surface area contributed by atoms with Crippen LogP contribution in [0.3, 0.4) is 0 Å². The van der Waals surface area contributed by atoms with Crippen molar-refractivity contribution in [1.29, 1.82) is 0 Å². The van der Waals surface area contributed by atoms with E-state index in [1.165, 1.54) is 49.9 Å². The molecule has 0 radical (unpaired) electrons. The van der Waals surface area contributed by atoms with Crippen molar-refractivity contribution >= 4 is 5.82 Å². The number of hydrogen-bond donors (Lipinski definition) is 1. The SMILES string of the molecule is Cc1cc(NCc2ccc(CN3CCCCCC3)cc2)ncn1. The van der Waals surface area contributed by atoms with Crippen molar-refractivity contribution in [2.45, 2.75) is 45.7 Å². The van der Waals surface area contributed by atoms with Gasteiger partial charge in [-0.2, -0.15) is 0 Å². The minimum Gasteiger partial charge on any atom is -0.366 e. The van der Waals surface area contributed by atoms with Crippen molar-refractivity contribution in [2.75, 3.05) is 18.4 Å². The zero-order valence-electron chi connectivity index (χ0n) is 14.0. The van der Waals surface area contributed by atoms with Crippen LogP contribution >= 0.6 is 0 Å². The molecule has 4 heteroatoms. The summed E-state index contributed by atoms with van der Waals surface area (Å²) in [6.45, 7) is 6.34. The predicted octanol–water partition coefficient (Wildman–Crippen LogP) is 3.77. The molecule has 1 aliphatic heterocycles. The Morgan fingerprint density at radius 2 is 1.65 bits per heavy atom. The number of nitrogens with zero attached hydrogens (tertiary/aromatic N) is 3. The van der Waals surface area contributed by atoms with Crippen molar-refractivity contribution in [3.8, 4) is 0 Å². The zero-order chi connectivity index (χ0) is 15.9. The van der Waals surface area contributed by atoms with Gasteiger partial charge < -0.3 is 5.32 Å². The molecule has 122 valence electrons. The Kier molecular flexibility index (Phi) is 5.59. The summed E-state index contributed by atoms with van der Waals surface area (Å²) >= 11 is 0. The van der Waals surface area contributed by atoms with Crippen LogP contribution in [0, 0.1) is 6.92 Å². The number of hydrogen-bond acceptors (Lipinski definition) is 4. The highest BCUT2D eigenvalue weighted by Crippen LogP contribution is 2.14. The van der Waals surface area contributed by atoms with Gasteiger partial charge in [-0.15, -0.1) is 0 Å². The van der Waals surface area contributed by atoms with Gasteiger partial charge in [0.05, 0.1) is 0 Å². The van der Waals surface area contributed by atoms with Crippen molar-refractivity contribution < 1.29 is 0 Å². The number of aromatic nitrogens is 2. The lowest BCUT2D eigenvalue weighted by Gasteiger charge is -2.19. The first-order valence-electron chi connectivity index (χ1n) is 8.62. The summed E-state index contributed by atoms with van der Waals surface area (Å²) in [5.74, 6) is 0.881. The maximum Gasteiger partial charge on any atom is 0.129 e. The fourth-order valence-corrected chi connectivity index (χ4v) is 3.06. The smallest absolute Gasteiger partial charge is 0.129 e. The topological polar surface area (TPSA) is 41.0 Å². The van der Waals surface area contributed by atoms with E-state index in [9.17, 15) is 0 Å². The molecule has 0 spiro atoms. The Morgan fingerprint density at radius 1 is 0.957 bits per heavy atom. The molecule has 23 heavy (non-hydrogen) atoms. The molecule has 0 atom stereocenters. The summed E-state index contributed by atoms with van der Waals surface area (Å²) in [5, 5.41) is 3.35. The molecular formula is C19H26N4. The van der Waals surface area contributed by atoms with Gasteiger partial charge in [-0.05, 0) is 44.0 Å². The molecule has 0 amide bonds. The monoisotopic (exact) mass is 310 g/mol. The quantitative estimate of drug-likeness (QED) is 0.912. The van der Waals surface area contributed by atoms with Crippen LogP contribution in [0.5, 0.6) is 0 Å². The lowest BCUT2D eigenvalue weighted by molar-refractivity contribution is 0.277. The molecule has 4 nitrogen and oxygen atoms in total. The summed E-state index contributed by atoms with van der Waals surface area (Å²) in [6, 6.07) is 10.9. The first-order valence-corrected chi connectivity index (χ1v) is 8.62. The second-order valence-electron chi connectivity index (χ2n) is 6.41. The van der Waals surface area contributed by atoms with Gasteiger partial charge in [-0.25, -0.2) is 9.97 Å². The van der Waals surface area contributed by atoms with Gasteiger partial charge in [-0.3, -0.25) is 4.90 Å². The lowest BCUT2D eigenvalue weighted by atomic mass is 10.1. The van der Waals surface area contributed by atoms with E-state index in [4.69, 9.17) is 0 Å². The molecular weight excluding hydrogens is 284 g/mol. The van der Waals surface area contributed by atoms with Crippen LogP contribution in [0.1, 0.15) is 42.5 Å². The Labute approximate surface area is 139 Å². The fraction of sp³-hybridized carbons (Fsp3) is 0.474. The summed E-state index contributed by atoms with van der Waals surface area (Å²) in [7, 11) is 0. The van der Waals surface area contributed by atoms with Gasteiger partial charge in [0.1, 0.15) is 12.1 Å². The highest BCUT2D eigenvalue weighted by atomic mass is 15.1. The highest BCUT2D eigenvalue weighted by molar-refractivity contribution is 5.36. The average Bonchev–Trinajstić information content (AvgIpc) is 2.83. The minimum absolute atomic E-state index is 0.792. The van der Waals surface area contributed by atoms with E-state index < -0.39 is 0 Å². The van der Waals surface area contributed by atoms with Crippen LogP contribution in [-0.4, -0.2) is 28.0 Å². The maximum absolute atomic E-state index is 4.23. The minimum atomic E-state index is 0.792. The molecule has 1 fully saturated rings. The standard InChI is InChI=1S/C19H26N4/c1-16-12-19(22-15-21-16)20-13-17-6-8-18(9-7-17)14-23-10-4-2-3-5-11-23/h6-9,12,15H,2-5,10-11,13-14H2,1H3,(H,20,21,22). The summed E-state index contributed by atoms with van der Waals surface area (Å²) in [6.07, 6.45) is 7.08. The summed E-state index contributed by atoms with van der Waals surface area (Å²) < 4.78 is 0. The van der Waals surface area contributed by atoms with Gasteiger partial charge in [-0.1, -0.05) is 37.1 Å². The number of aryl methyl sites for hydroxylation is 1. The molecule has 1 saturated heterocycles.